The van der Waals surface area contributed by atoms with Crippen molar-refractivity contribution < 1.29 is 4.79 Å². The van der Waals surface area contributed by atoms with E-state index < -0.39 is 0 Å². The highest BCUT2D eigenvalue weighted by molar-refractivity contribution is 7.18. The zero-order valence-electron chi connectivity index (χ0n) is 8.47. The number of rotatable bonds is 2. The Hall–Kier alpha value is -0.580. The largest absolute Gasteiger partial charge is 0.345 e. The second-order valence-corrected chi connectivity index (χ2v) is 5.76. The van der Waals surface area contributed by atoms with E-state index in [0.717, 1.165) is 19.5 Å². The Morgan fingerprint density at radius 3 is 3.00 bits per heavy atom. The molecule has 1 aliphatic heterocycles. The van der Waals surface area contributed by atoms with Gasteiger partial charge in [0.2, 0.25) is 0 Å². The van der Waals surface area contributed by atoms with Gasteiger partial charge in [-0.3, -0.25) is 4.79 Å². The lowest BCUT2D eigenvalue weighted by Crippen LogP contribution is -2.47. The summed E-state index contributed by atoms with van der Waals surface area (Å²) >= 11 is 7.09. The van der Waals surface area contributed by atoms with Crippen LogP contribution in [0.25, 0.3) is 0 Å². The number of carbonyl (C=O) groups excluding carboxylic acids is 1. The molecule has 82 valence electrons. The highest BCUT2D eigenvalue weighted by Gasteiger charge is 2.30. The summed E-state index contributed by atoms with van der Waals surface area (Å²) in [5.74, 6) is -0.0295. The van der Waals surface area contributed by atoms with Crippen molar-refractivity contribution >= 4 is 28.8 Å². The van der Waals surface area contributed by atoms with Crippen LogP contribution in [0.15, 0.2) is 12.1 Å². The van der Waals surface area contributed by atoms with E-state index in [0.29, 0.717) is 9.21 Å². The van der Waals surface area contributed by atoms with E-state index in [-0.39, 0.29) is 11.4 Å². The van der Waals surface area contributed by atoms with Gasteiger partial charge in [0.1, 0.15) is 0 Å². The Balaban J connectivity index is 2.03. The highest BCUT2D eigenvalue weighted by Crippen LogP contribution is 2.22. The van der Waals surface area contributed by atoms with Crippen molar-refractivity contribution in [2.45, 2.75) is 18.9 Å². The molecule has 0 saturated carbocycles. The van der Waals surface area contributed by atoms with Crippen LogP contribution in [0.5, 0.6) is 0 Å². The molecule has 2 rings (SSSR count). The van der Waals surface area contributed by atoms with Crippen molar-refractivity contribution in [2.24, 2.45) is 0 Å². The SMILES string of the molecule is CC1(NC(=O)c2ccc(Cl)s2)CCNC1. The zero-order valence-corrected chi connectivity index (χ0v) is 10.0. The van der Waals surface area contributed by atoms with Crippen LogP contribution in [-0.4, -0.2) is 24.5 Å². The fourth-order valence-electron chi connectivity index (χ4n) is 1.70. The molecular formula is C10H13ClN2OS. The second-order valence-electron chi connectivity index (χ2n) is 4.05. The predicted molar refractivity (Wildman–Crippen MR) is 62.7 cm³/mol. The fraction of sp³-hybridized carbons (Fsp3) is 0.500. The number of hydrogen-bond acceptors (Lipinski definition) is 3. The Morgan fingerprint density at radius 2 is 2.47 bits per heavy atom. The van der Waals surface area contributed by atoms with Gasteiger partial charge in [-0.15, -0.1) is 11.3 Å². The van der Waals surface area contributed by atoms with Gasteiger partial charge in [-0.1, -0.05) is 11.6 Å². The molecule has 1 fully saturated rings. The summed E-state index contributed by atoms with van der Waals surface area (Å²) in [5, 5.41) is 6.27. The lowest BCUT2D eigenvalue weighted by atomic mass is 10.0. The van der Waals surface area contributed by atoms with Gasteiger partial charge < -0.3 is 10.6 Å². The van der Waals surface area contributed by atoms with Gasteiger partial charge in [-0.05, 0) is 32.0 Å². The van der Waals surface area contributed by atoms with Crippen LogP contribution in [0.2, 0.25) is 4.34 Å². The molecular weight excluding hydrogens is 232 g/mol. The Bertz CT molecular complexity index is 371. The molecule has 0 aromatic carbocycles. The van der Waals surface area contributed by atoms with Crippen LogP contribution in [-0.2, 0) is 0 Å². The molecule has 0 radical (unpaired) electrons. The standard InChI is InChI=1S/C10H13ClN2OS/c1-10(4-5-12-6-10)13-9(14)7-2-3-8(11)15-7/h2-3,12H,4-6H2,1H3,(H,13,14). The number of carbonyl (C=O) groups is 1. The molecule has 5 heteroatoms. The quantitative estimate of drug-likeness (QED) is 0.834. The average molecular weight is 245 g/mol. The fourth-order valence-corrected chi connectivity index (χ4v) is 2.63. The number of amides is 1. The highest BCUT2D eigenvalue weighted by atomic mass is 35.5. The topological polar surface area (TPSA) is 41.1 Å². The monoisotopic (exact) mass is 244 g/mol. The molecule has 3 nitrogen and oxygen atoms in total. The molecule has 1 aromatic rings. The number of halogens is 1. The molecule has 1 saturated heterocycles. The molecule has 1 unspecified atom stereocenters. The van der Waals surface area contributed by atoms with Crippen LogP contribution < -0.4 is 10.6 Å². The van der Waals surface area contributed by atoms with E-state index in [4.69, 9.17) is 11.6 Å². The van der Waals surface area contributed by atoms with Crippen LogP contribution in [0.3, 0.4) is 0 Å². The van der Waals surface area contributed by atoms with Gasteiger partial charge in [0.05, 0.1) is 14.8 Å². The zero-order chi connectivity index (χ0) is 10.9. The summed E-state index contributed by atoms with van der Waals surface area (Å²) in [6.45, 7) is 3.85. The summed E-state index contributed by atoms with van der Waals surface area (Å²) in [6.07, 6.45) is 0.970. The molecule has 0 bridgehead atoms. The summed E-state index contributed by atoms with van der Waals surface area (Å²) < 4.78 is 0.648. The average Bonchev–Trinajstić information content (AvgIpc) is 2.75. The number of nitrogens with one attached hydrogen (secondary N) is 2. The van der Waals surface area contributed by atoms with E-state index in [1.54, 1.807) is 12.1 Å². The molecule has 2 heterocycles. The minimum atomic E-state index is -0.118. The summed E-state index contributed by atoms with van der Waals surface area (Å²) in [6, 6.07) is 3.50. The normalized spacial score (nSPS) is 25.5. The molecule has 1 aromatic heterocycles. The first-order valence-corrected chi connectivity index (χ1v) is 6.07. The molecule has 0 aliphatic carbocycles. The number of thiophene rings is 1. The van der Waals surface area contributed by atoms with Gasteiger partial charge >= 0.3 is 0 Å². The summed E-state index contributed by atoms with van der Waals surface area (Å²) in [7, 11) is 0. The smallest absolute Gasteiger partial charge is 0.261 e. The van der Waals surface area contributed by atoms with E-state index >= 15 is 0 Å². The molecule has 1 aliphatic rings. The van der Waals surface area contributed by atoms with Gasteiger partial charge in [0.25, 0.3) is 5.91 Å². The molecule has 1 atom stereocenters. The van der Waals surface area contributed by atoms with Crippen LogP contribution >= 0.6 is 22.9 Å². The molecule has 15 heavy (non-hydrogen) atoms. The van der Waals surface area contributed by atoms with E-state index in [2.05, 4.69) is 17.6 Å². The first-order chi connectivity index (χ1) is 7.09. The molecule has 1 amide bonds. The first kappa shape index (κ1) is 10.9. The molecule has 2 N–H and O–H groups in total. The van der Waals surface area contributed by atoms with Gasteiger partial charge in [-0.2, -0.15) is 0 Å². The lowest BCUT2D eigenvalue weighted by Gasteiger charge is -2.23. The molecule has 0 spiro atoms. The summed E-state index contributed by atoms with van der Waals surface area (Å²) in [4.78, 5) is 12.5. The Kier molecular flexibility index (Phi) is 3.00. The minimum absolute atomic E-state index is 0.0295. The predicted octanol–water partition coefficient (Wildman–Crippen LogP) is 1.88. The third-order valence-electron chi connectivity index (χ3n) is 2.58. The lowest BCUT2D eigenvalue weighted by molar-refractivity contribution is 0.0917. The Morgan fingerprint density at radius 1 is 1.67 bits per heavy atom. The van der Waals surface area contributed by atoms with Crippen molar-refractivity contribution in [3.05, 3.63) is 21.3 Å². The van der Waals surface area contributed by atoms with E-state index in [9.17, 15) is 4.79 Å². The van der Waals surface area contributed by atoms with Gasteiger partial charge in [0, 0.05) is 6.54 Å². The van der Waals surface area contributed by atoms with E-state index in [1.807, 2.05) is 0 Å². The van der Waals surface area contributed by atoms with Crippen LogP contribution in [0.1, 0.15) is 23.0 Å². The first-order valence-electron chi connectivity index (χ1n) is 4.88. The van der Waals surface area contributed by atoms with Crippen molar-refractivity contribution in [1.82, 2.24) is 10.6 Å². The second kappa shape index (κ2) is 4.12. The van der Waals surface area contributed by atoms with Crippen molar-refractivity contribution in [3.63, 3.8) is 0 Å². The Labute approximate surface area is 97.8 Å². The van der Waals surface area contributed by atoms with Gasteiger partial charge in [-0.25, -0.2) is 0 Å². The van der Waals surface area contributed by atoms with Crippen molar-refractivity contribution in [3.8, 4) is 0 Å². The van der Waals surface area contributed by atoms with Crippen LogP contribution in [0.4, 0.5) is 0 Å². The maximum atomic E-state index is 11.8. The summed E-state index contributed by atoms with van der Waals surface area (Å²) in [5.41, 5.74) is -0.118. The van der Waals surface area contributed by atoms with Crippen molar-refractivity contribution in [2.75, 3.05) is 13.1 Å². The van der Waals surface area contributed by atoms with E-state index in [1.165, 1.54) is 11.3 Å². The van der Waals surface area contributed by atoms with Gasteiger partial charge in [0.15, 0.2) is 0 Å². The third kappa shape index (κ3) is 2.51. The third-order valence-corrected chi connectivity index (χ3v) is 3.81. The van der Waals surface area contributed by atoms with Crippen molar-refractivity contribution in [1.29, 1.82) is 0 Å². The minimum Gasteiger partial charge on any atom is -0.345 e. The van der Waals surface area contributed by atoms with Crippen LogP contribution in [0, 0.1) is 0 Å². The maximum Gasteiger partial charge on any atom is 0.261 e. The maximum absolute atomic E-state index is 11.8. The number of hydrogen-bond donors (Lipinski definition) is 2.